The summed E-state index contributed by atoms with van der Waals surface area (Å²) >= 11 is 5.72. The van der Waals surface area contributed by atoms with Gasteiger partial charge in [0.05, 0.1) is 12.2 Å². The van der Waals surface area contributed by atoms with Crippen LogP contribution in [0.1, 0.15) is 15.9 Å². The van der Waals surface area contributed by atoms with Gasteiger partial charge in [-0.15, -0.1) is 0 Å². The van der Waals surface area contributed by atoms with Crippen LogP contribution in [0.2, 0.25) is 5.15 Å². The van der Waals surface area contributed by atoms with Crippen molar-refractivity contribution in [2.24, 2.45) is 0 Å². The molecular formula is C15H14ClNO3. The molecule has 1 aromatic carbocycles. The summed E-state index contributed by atoms with van der Waals surface area (Å²) in [6.07, 6.45) is 1.45. The summed E-state index contributed by atoms with van der Waals surface area (Å²) in [5, 5.41) is 0.353. The number of ether oxygens (including phenoxy) is 2. The van der Waals surface area contributed by atoms with Crippen molar-refractivity contribution in [3.05, 3.63) is 58.9 Å². The molecule has 0 spiro atoms. The van der Waals surface area contributed by atoms with E-state index in [0.29, 0.717) is 35.2 Å². The number of aromatic nitrogens is 1. The molecule has 0 aliphatic rings. The third-order valence-corrected chi connectivity index (χ3v) is 2.89. The van der Waals surface area contributed by atoms with E-state index in [1.165, 1.54) is 6.20 Å². The maximum absolute atomic E-state index is 12.4. The first-order chi connectivity index (χ1) is 9.72. The molecule has 0 unspecified atom stereocenters. The van der Waals surface area contributed by atoms with Gasteiger partial charge in [0.15, 0.2) is 5.78 Å². The lowest BCUT2D eigenvalue weighted by Crippen LogP contribution is -2.09. The Labute approximate surface area is 122 Å². The van der Waals surface area contributed by atoms with E-state index >= 15 is 0 Å². The number of nitrogens with zero attached hydrogens (tertiary/aromatic N) is 1. The van der Waals surface area contributed by atoms with Crippen LogP contribution in [0, 0.1) is 0 Å². The Morgan fingerprint density at radius 3 is 2.70 bits per heavy atom. The molecule has 2 aromatic rings. The van der Waals surface area contributed by atoms with Crippen molar-refractivity contribution in [3.63, 3.8) is 0 Å². The predicted octanol–water partition coefficient (Wildman–Crippen LogP) is 2.99. The van der Waals surface area contributed by atoms with Gasteiger partial charge in [-0.05, 0) is 24.3 Å². The zero-order valence-electron chi connectivity index (χ0n) is 11.0. The first-order valence-electron chi connectivity index (χ1n) is 6.09. The highest BCUT2D eigenvalue weighted by Gasteiger charge is 2.14. The highest BCUT2D eigenvalue weighted by atomic mass is 35.5. The number of ketones is 1. The molecule has 5 heteroatoms. The number of methoxy groups -OCH3 is 1. The van der Waals surface area contributed by atoms with Gasteiger partial charge >= 0.3 is 0 Å². The predicted molar refractivity (Wildman–Crippen MR) is 76.5 cm³/mol. The molecule has 4 nitrogen and oxygen atoms in total. The Morgan fingerprint density at radius 2 is 2.00 bits per heavy atom. The van der Waals surface area contributed by atoms with Crippen LogP contribution in [-0.2, 0) is 4.74 Å². The second-order valence-corrected chi connectivity index (χ2v) is 4.42. The van der Waals surface area contributed by atoms with E-state index in [0.717, 1.165) is 0 Å². The number of halogens is 1. The zero-order chi connectivity index (χ0) is 14.4. The van der Waals surface area contributed by atoms with E-state index in [-0.39, 0.29) is 5.78 Å². The summed E-state index contributed by atoms with van der Waals surface area (Å²) in [6.45, 7) is 0.852. The van der Waals surface area contributed by atoms with Gasteiger partial charge < -0.3 is 9.47 Å². The Hall–Kier alpha value is -1.91. The lowest BCUT2D eigenvalue weighted by atomic mass is 10.0. The minimum absolute atomic E-state index is 0.151. The number of carbonyl (C=O) groups is 1. The summed E-state index contributed by atoms with van der Waals surface area (Å²) in [6, 6.07) is 10.3. The Morgan fingerprint density at radius 1 is 1.20 bits per heavy atom. The highest BCUT2D eigenvalue weighted by molar-refractivity contribution is 6.29. The van der Waals surface area contributed by atoms with Crippen LogP contribution in [0.5, 0.6) is 5.75 Å². The molecule has 1 aromatic heterocycles. The van der Waals surface area contributed by atoms with Gasteiger partial charge in [0.2, 0.25) is 0 Å². The molecule has 20 heavy (non-hydrogen) atoms. The van der Waals surface area contributed by atoms with Crippen molar-refractivity contribution in [1.29, 1.82) is 0 Å². The van der Waals surface area contributed by atoms with Gasteiger partial charge in [0.25, 0.3) is 0 Å². The fourth-order valence-electron chi connectivity index (χ4n) is 1.68. The smallest absolute Gasteiger partial charge is 0.198 e. The van der Waals surface area contributed by atoms with Gasteiger partial charge in [-0.3, -0.25) is 4.79 Å². The number of para-hydroxylation sites is 1. The Balaban J connectivity index is 2.23. The molecule has 0 saturated carbocycles. The second kappa shape index (κ2) is 7.03. The normalized spacial score (nSPS) is 10.3. The van der Waals surface area contributed by atoms with Crippen molar-refractivity contribution in [2.45, 2.75) is 0 Å². The number of hydrogen-bond donors (Lipinski definition) is 0. The van der Waals surface area contributed by atoms with Crippen LogP contribution >= 0.6 is 11.6 Å². The minimum Gasteiger partial charge on any atom is -0.490 e. The van der Waals surface area contributed by atoms with E-state index in [4.69, 9.17) is 21.1 Å². The molecule has 0 bridgehead atoms. The van der Waals surface area contributed by atoms with Gasteiger partial charge in [-0.2, -0.15) is 0 Å². The van der Waals surface area contributed by atoms with E-state index < -0.39 is 0 Å². The van der Waals surface area contributed by atoms with Crippen LogP contribution in [0.3, 0.4) is 0 Å². The van der Waals surface area contributed by atoms with Crippen LogP contribution in [0.25, 0.3) is 0 Å². The minimum atomic E-state index is -0.151. The summed E-state index contributed by atoms with van der Waals surface area (Å²) in [5.74, 6) is 0.381. The molecule has 0 saturated heterocycles. The average Bonchev–Trinajstić information content (AvgIpc) is 2.48. The van der Waals surface area contributed by atoms with E-state index in [2.05, 4.69) is 4.98 Å². The van der Waals surface area contributed by atoms with Gasteiger partial charge in [0, 0.05) is 18.9 Å². The SMILES string of the molecule is COCCOc1ccccc1C(=O)c1ccc(Cl)nc1. The Bertz CT molecular complexity index is 584. The number of rotatable bonds is 6. The molecule has 0 amide bonds. The maximum atomic E-state index is 12.4. The van der Waals surface area contributed by atoms with Crippen molar-refractivity contribution in [1.82, 2.24) is 4.98 Å². The molecule has 0 N–H and O–H groups in total. The van der Waals surface area contributed by atoms with Crippen molar-refractivity contribution in [3.8, 4) is 5.75 Å². The highest BCUT2D eigenvalue weighted by Crippen LogP contribution is 2.21. The molecular weight excluding hydrogens is 278 g/mol. The van der Waals surface area contributed by atoms with Crippen LogP contribution in [0.4, 0.5) is 0 Å². The summed E-state index contributed by atoms with van der Waals surface area (Å²) in [7, 11) is 1.60. The van der Waals surface area contributed by atoms with Crippen LogP contribution in [-0.4, -0.2) is 31.1 Å². The van der Waals surface area contributed by atoms with Gasteiger partial charge in [-0.25, -0.2) is 4.98 Å². The largest absolute Gasteiger partial charge is 0.490 e. The second-order valence-electron chi connectivity index (χ2n) is 4.04. The lowest BCUT2D eigenvalue weighted by Gasteiger charge is -2.10. The quantitative estimate of drug-likeness (QED) is 0.466. The van der Waals surface area contributed by atoms with E-state index in [1.54, 1.807) is 37.4 Å². The molecule has 104 valence electrons. The fourth-order valence-corrected chi connectivity index (χ4v) is 1.79. The molecule has 2 rings (SSSR count). The molecule has 0 radical (unpaired) electrons. The first kappa shape index (κ1) is 14.5. The topological polar surface area (TPSA) is 48.4 Å². The van der Waals surface area contributed by atoms with E-state index in [9.17, 15) is 4.79 Å². The number of benzene rings is 1. The Kier molecular flexibility index (Phi) is 5.09. The lowest BCUT2D eigenvalue weighted by molar-refractivity contribution is 0.103. The molecule has 0 aliphatic heterocycles. The third kappa shape index (κ3) is 3.56. The zero-order valence-corrected chi connectivity index (χ0v) is 11.8. The van der Waals surface area contributed by atoms with Crippen LogP contribution < -0.4 is 4.74 Å². The van der Waals surface area contributed by atoms with Gasteiger partial charge in [-0.1, -0.05) is 23.7 Å². The van der Waals surface area contributed by atoms with Crippen molar-refractivity contribution < 1.29 is 14.3 Å². The number of carbonyl (C=O) groups excluding carboxylic acids is 1. The summed E-state index contributed by atoms with van der Waals surface area (Å²) < 4.78 is 10.5. The van der Waals surface area contributed by atoms with Gasteiger partial charge in [0.1, 0.15) is 17.5 Å². The first-order valence-corrected chi connectivity index (χ1v) is 6.47. The average molecular weight is 292 g/mol. The van der Waals surface area contributed by atoms with Crippen molar-refractivity contribution >= 4 is 17.4 Å². The monoisotopic (exact) mass is 291 g/mol. The molecule has 1 heterocycles. The standard InChI is InChI=1S/C15H14ClNO3/c1-19-8-9-20-13-5-3-2-4-12(13)15(18)11-6-7-14(16)17-10-11/h2-7,10H,8-9H2,1H3. The molecule has 0 aliphatic carbocycles. The number of pyridine rings is 1. The fraction of sp³-hybridized carbons (Fsp3) is 0.200. The molecule has 0 atom stereocenters. The maximum Gasteiger partial charge on any atom is 0.198 e. The number of hydrogen-bond acceptors (Lipinski definition) is 4. The van der Waals surface area contributed by atoms with Crippen LogP contribution in [0.15, 0.2) is 42.6 Å². The van der Waals surface area contributed by atoms with Crippen molar-refractivity contribution in [2.75, 3.05) is 20.3 Å². The summed E-state index contributed by atoms with van der Waals surface area (Å²) in [5.41, 5.74) is 0.963. The summed E-state index contributed by atoms with van der Waals surface area (Å²) in [4.78, 5) is 16.3. The third-order valence-electron chi connectivity index (χ3n) is 2.67. The molecule has 0 fully saturated rings. The van der Waals surface area contributed by atoms with E-state index in [1.807, 2.05) is 6.07 Å².